The Hall–Kier alpha value is -0.860. The van der Waals surface area contributed by atoms with E-state index in [1.54, 1.807) is 0 Å². The van der Waals surface area contributed by atoms with Crippen LogP contribution >= 0.6 is 0 Å². The Kier molecular flexibility index (Phi) is 4.63. The standard InChI is InChI=1S/C12H18O2/c1-10(2)9-14-12(8-13)11-6-4-3-5-7-11/h3-7,10,12-13H,8-9H2,1-2H3. The van der Waals surface area contributed by atoms with E-state index in [9.17, 15) is 0 Å². The zero-order valence-electron chi connectivity index (χ0n) is 8.81. The Morgan fingerprint density at radius 2 is 1.86 bits per heavy atom. The summed E-state index contributed by atoms with van der Waals surface area (Å²) in [5.41, 5.74) is 1.04. The van der Waals surface area contributed by atoms with Crippen molar-refractivity contribution in [3.8, 4) is 0 Å². The summed E-state index contributed by atoms with van der Waals surface area (Å²) < 4.78 is 5.59. The molecule has 0 aliphatic rings. The number of hydrogen-bond donors (Lipinski definition) is 1. The molecule has 0 amide bonds. The summed E-state index contributed by atoms with van der Waals surface area (Å²) in [7, 11) is 0. The van der Waals surface area contributed by atoms with Crippen LogP contribution in [0.2, 0.25) is 0 Å². The highest BCUT2D eigenvalue weighted by Crippen LogP contribution is 2.16. The molecule has 2 nitrogen and oxygen atoms in total. The average molecular weight is 194 g/mol. The molecule has 0 saturated heterocycles. The predicted molar refractivity (Wildman–Crippen MR) is 57.1 cm³/mol. The van der Waals surface area contributed by atoms with Gasteiger partial charge in [-0.2, -0.15) is 0 Å². The Morgan fingerprint density at radius 3 is 2.36 bits per heavy atom. The fraction of sp³-hybridized carbons (Fsp3) is 0.500. The molecule has 14 heavy (non-hydrogen) atoms. The smallest absolute Gasteiger partial charge is 0.106 e. The minimum absolute atomic E-state index is 0.0384. The largest absolute Gasteiger partial charge is 0.393 e. The van der Waals surface area contributed by atoms with Gasteiger partial charge in [0.2, 0.25) is 0 Å². The van der Waals surface area contributed by atoms with Crippen LogP contribution in [0.1, 0.15) is 25.5 Å². The number of rotatable bonds is 5. The zero-order chi connectivity index (χ0) is 10.4. The molecule has 0 heterocycles. The molecule has 0 spiro atoms. The highest BCUT2D eigenvalue weighted by Gasteiger charge is 2.10. The van der Waals surface area contributed by atoms with Crippen LogP contribution in [0.5, 0.6) is 0 Å². The maximum atomic E-state index is 9.17. The second-order valence-electron chi connectivity index (χ2n) is 3.81. The van der Waals surface area contributed by atoms with Gasteiger partial charge in [0.15, 0.2) is 0 Å². The molecule has 1 aromatic rings. The molecule has 1 atom stereocenters. The SMILES string of the molecule is CC(C)COC(CO)c1ccccc1. The zero-order valence-corrected chi connectivity index (χ0v) is 8.81. The predicted octanol–water partition coefficient (Wildman–Crippen LogP) is 2.39. The van der Waals surface area contributed by atoms with Gasteiger partial charge in [-0.25, -0.2) is 0 Å². The van der Waals surface area contributed by atoms with Crippen LogP contribution in [0.3, 0.4) is 0 Å². The van der Waals surface area contributed by atoms with E-state index in [2.05, 4.69) is 13.8 Å². The van der Waals surface area contributed by atoms with E-state index in [0.717, 1.165) is 5.56 Å². The first-order chi connectivity index (χ1) is 6.74. The third-order valence-electron chi connectivity index (χ3n) is 1.97. The van der Waals surface area contributed by atoms with Crippen molar-refractivity contribution in [1.82, 2.24) is 0 Å². The van der Waals surface area contributed by atoms with Gasteiger partial charge in [-0.05, 0) is 11.5 Å². The van der Waals surface area contributed by atoms with Crippen molar-refractivity contribution in [3.63, 3.8) is 0 Å². The minimum atomic E-state index is -0.182. The Morgan fingerprint density at radius 1 is 1.21 bits per heavy atom. The van der Waals surface area contributed by atoms with Crippen molar-refractivity contribution in [2.24, 2.45) is 5.92 Å². The lowest BCUT2D eigenvalue weighted by Gasteiger charge is -2.17. The van der Waals surface area contributed by atoms with Crippen molar-refractivity contribution in [2.75, 3.05) is 13.2 Å². The van der Waals surface area contributed by atoms with Gasteiger partial charge in [0.25, 0.3) is 0 Å². The molecule has 1 N–H and O–H groups in total. The quantitative estimate of drug-likeness (QED) is 0.780. The molecular formula is C12H18O2. The third kappa shape index (κ3) is 3.48. The van der Waals surface area contributed by atoms with Crippen LogP contribution in [0.15, 0.2) is 30.3 Å². The van der Waals surface area contributed by atoms with Gasteiger partial charge in [0, 0.05) is 6.61 Å². The molecule has 0 aliphatic carbocycles. The maximum absolute atomic E-state index is 9.17. The lowest BCUT2D eigenvalue weighted by atomic mass is 10.1. The van der Waals surface area contributed by atoms with Gasteiger partial charge in [-0.3, -0.25) is 0 Å². The number of aliphatic hydroxyl groups excluding tert-OH is 1. The fourth-order valence-electron chi connectivity index (χ4n) is 1.23. The van der Waals surface area contributed by atoms with Gasteiger partial charge in [0.05, 0.1) is 6.61 Å². The molecule has 78 valence electrons. The van der Waals surface area contributed by atoms with Gasteiger partial charge < -0.3 is 9.84 Å². The van der Waals surface area contributed by atoms with E-state index in [4.69, 9.17) is 9.84 Å². The van der Waals surface area contributed by atoms with Crippen molar-refractivity contribution >= 4 is 0 Å². The van der Waals surface area contributed by atoms with Gasteiger partial charge in [-0.1, -0.05) is 44.2 Å². The van der Waals surface area contributed by atoms with Crippen molar-refractivity contribution in [3.05, 3.63) is 35.9 Å². The maximum Gasteiger partial charge on any atom is 0.106 e. The number of aliphatic hydroxyl groups is 1. The number of benzene rings is 1. The van der Waals surface area contributed by atoms with Gasteiger partial charge >= 0.3 is 0 Å². The van der Waals surface area contributed by atoms with Crippen LogP contribution in [0.25, 0.3) is 0 Å². The molecule has 0 bridgehead atoms. The summed E-state index contributed by atoms with van der Waals surface area (Å²) in [5.74, 6) is 0.493. The summed E-state index contributed by atoms with van der Waals surface area (Å²) in [6, 6.07) is 9.82. The average Bonchev–Trinajstić information content (AvgIpc) is 2.20. The van der Waals surface area contributed by atoms with Crippen LogP contribution in [0.4, 0.5) is 0 Å². The molecule has 0 radical (unpaired) electrons. The van der Waals surface area contributed by atoms with E-state index in [1.165, 1.54) is 0 Å². The van der Waals surface area contributed by atoms with Crippen LogP contribution in [-0.4, -0.2) is 18.3 Å². The molecule has 1 unspecified atom stereocenters. The number of ether oxygens (including phenoxy) is 1. The van der Waals surface area contributed by atoms with E-state index >= 15 is 0 Å². The Balaban J connectivity index is 2.54. The minimum Gasteiger partial charge on any atom is -0.393 e. The van der Waals surface area contributed by atoms with Crippen LogP contribution < -0.4 is 0 Å². The first-order valence-corrected chi connectivity index (χ1v) is 5.01. The highest BCUT2D eigenvalue weighted by molar-refractivity contribution is 5.17. The monoisotopic (exact) mass is 194 g/mol. The first kappa shape index (κ1) is 11.2. The van der Waals surface area contributed by atoms with Gasteiger partial charge in [0.1, 0.15) is 6.10 Å². The third-order valence-corrected chi connectivity index (χ3v) is 1.97. The van der Waals surface area contributed by atoms with Crippen LogP contribution in [-0.2, 0) is 4.74 Å². The lowest BCUT2D eigenvalue weighted by molar-refractivity contribution is -0.00112. The van der Waals surface area contributed by atoms with E-state index < -0.39 is 0 Å². The Labute approximate surface area is 85.5 Å². The summed E-state index contributed by atoms with van der Waals surface area (Å²) in [6.45, 7) is 4.91. The van der Waals surface area contributed by atoms with Crippen molar-refractivity contribution in [1.29, 1.82) is 0 Å². The molecule has 0 saturated carbocycles. The molecule has 1 rings (SSSR count). The normalized spacial score (nSPS) is 13.1. The second kappa shape index (κ2) is 5.78. The summed E-state index contributed by atoms with van der Waals surface area (Å²) in [5, 5.41) is 9.17. The molecule has 1 aromatic carbocycles. The number of hydrogen-bond acceptors (Lipinski definition) is 2. The molecule has 0 aromatic heterocycles. The molecular weight excluding hydrogens is 176 g/mol. The van der Waals surface area contributed by atoms with Crippen molar-refractivity contribution < 1.29 is 9.84 Å². The Bertz CT molecular complexity index is 244. The summed E-state index contributed by atoms with van der Waals surface area (Å²) in [6.07, 6.45) is -0.182. The fourth-order valence-corrected chi connectivity index (χ4v) is 1.23. The van der Waals surface area contributed by atoms with Crippen LogP contribution in [0, 0.1) is 5.92 Å². The summed E-state index contributed by atoms with van der Waals surface area (Å²) in [4.78, 5) is 0. The van der Waals surface area contributed by atoms with Gasteiger partial charge in [-0.15, -0.1) is 0 Å². The molecule has 0 fully saturated rings. The molecule has 0 aliphatic heterocycles. The topological polar surface area (TPSA) is 29.5 Å². The van der Waals surface area contributed by atoms with E-state index in [0.29, 0.717) is 12.5 Å². The first-order valence-electron chi connectivity index (χ1n) is 5.01. The van der Waals surface area contributed by atoms with E-state index in [-0.39, 0.29) is 12.7 Å². The van der Waals surface area contributed by atoms with Crippen molar-refractivity contribution in [2.45, 2.75) is 20.0 Å². The second-order valence-corrected chi connectivity index (χ2v) is 3.81. The van der Waals surface area contributed by atoms with E-state index in [1.807, 2.05) is 30.3 Å². The summed E-state index contributed by atoms with van der Waals surface area (Å²) >= 11 is 0. The lowest BCUT2D eigenvalue weighted by Crippen LogP contribution is -2.12. The molecule has 2 heteroatoms. The highest BCUT2D eigenvalue weighted by atomic mass is 16.5.